The Labute approximate surface area is 179 Å². The quantitative estimate of drug-likeness (QED) is 0.625. The molecule has 158 valence electrons. The lowest BCUT2D eigenvalue weighted by Gasteiger charge is -2.13. The number of nitrogens with one attached hydrogen (secondary N) is 1. The minimum Gasteiger partial charge on any atom is -0.387 e. The number of hydrogen-bond acceptors (Lipinski definition) is 6. The highest BCUT2D eigenvalue weighted by atomic mass is 19.1. The minimum absolute atomic E-state index is 0.216. The fourth-order valence-corrected chi connectivity index (χ4v) is 3.54. The zero-order valence-corrected chi connectivity index (χ0v) is 17.3. The number of nitriles is 1. The highest BCUT2D eigenvalue weighted by Crippen LogP contribution is 2.35. The molecule has 0 radical (unpaired) electrons. The largest absolute Gasteiger partial charge is 0.387 e. The van der Waals surface area contributed by atoms with Crippen molar-refractivity contribution >= 4 is 22.6 Å². The molecule has 1 saturated carbocycles. The number of aliphatic hydroxyl groups excluding tert-OH is 1. The average molecular weight is 419 g/mol. The Balaban J connectivity index is 1.68. The Morgan fingerprint density at radius 1 is 1.32 bits per heavy atom. The van der Waals surface area contributed by atoms with E-state index in [-0.39, 0.29) is 17.9 Å². The number of carbonyl (C=O) groups is 1. The lowest BCUT2D eigenvalue weighted by molar-refractivity contribution is -0.117. The molecule has 0 spiro atoms. The number of rotatable bonds is 6. The molecule has 0 aliphatic heterocycles. The second-order valence-corrected chi connectivity index (χ2v) is 7.83. The molecule has 0 saturated heterocycles. The summed E-state index contributed by atoms with van der Waals surface area (Å²) in [5.41, 5.74) is 3.56. The van der Waals surface area contributed by atoms with Gasteiger partial charge >= 0.3 is 0 Å². The van der Waals surface area contributed by atoms with Gasteiger partial charge in [-0.1, -0.05) is 13.3 Å². The van der Waals surface area contributed by atoms with Crippen molar-refractivity contribution < 1.29 is 14.3 Å². The number of fused-ring (bicyclic) bond motifs is 1. The molecular weight excluding hydrogens is 397 g/mol. The fourth-order valence-electron chi connectivity index (χ4n) is 3.54. The SMILES string of the molecule is CCC[C@H](O)c1cc(C)c(-c2cc3cnc(NC(=O)[C@@H]4C[C@@H]4F)cc3nc2C#N)cn1. The molecule has 1 aliphatic carbocycles. The topological polar surface area (TPSA) is 112 Å². The van der Waals surface area contributed by atoms with Gasteiger partial charge in [0.25, 0.3) is 0 Å². The van der Waals surface area contributed by atoms with E-state index in [0.717, 1.165) is 17.5 Å². The molecule has 0 aromatic carbocycles. The van der Waals surface area contributed by atoms with Crippen molar-refractivity contribution in [1.82, 2.24) is 15.0 Å². The van der Waals surface area contributed by atoms with E-state index in [9.17, 15) is 19.6 Å². The molecule has 1 fully saturated rings. The number of aromatic nitrogens is 3. The number of amides is 1. The molecule has 3 atom stereocenters. The van der Waals surface area contributed by atoms with Crippen LogP contribution in [0.5, 0.6) is 0 Å². The summed E-state index contributed by atoms with van der Waals surface area (Å²) in [4.78, 5) is 25.0. The molecule has 3 heterocycles. The number of aryl methyl sites for hydroxylation is 1. The minimum atomic E-state index is -1.09. The molecule has 2 N–H and O–H groups in total. The third-order valence-electron chi connectivity index (χ3n) is 5.43. The monoisotopic (exact) mass is 419 g/mol. The molecule has 8 heteroatoms. The first kappa shape index (κ1) is 20.8. The van der Waals surface area contributed by atoms with Gasteiger partial charge in [-0.3, -0.25) is 9.78 Å². The van der Waals surface area contributed by atoms with Crippen LogP contribution in [-0.4, -0.2) is 32.1 Å². The van der Waals surface area contributed by atoms with Crippen LogP contribution < -0.4 is 5.32 Å². The molecule has 7 nitrogen and oxygen atoms in total. The van der Waals surface area contributed by atoms with Crippen molar-refractivity contribution in [3.8, 4) is 17.2 Å². The lowest BCUT2D eigenvalue weighted by atomic mass is 9.98. The smallest absolute Gasteiger partial charge is 0.231 e. The van der Waals surface area contributed by atoms with Crippen LogP contribution in [0.25, 0.3) is 22.0 Å². The lowest BCUT2D eigenvalue weighted by Crippen LogP contribution is -2.15. The van der Waals surface area contributed by atoms with E-state index in [0.29, 0.717) is 28.6 Å². The number of aliphatic hydroxyl groups is 1. The molecule has 1 amide bonds. The molecular formula is C23H22FN5O2. The van der Waals surface area contributed by atoms with Crippen LogP contribution in [0.1, 0.15) is 49.2 Å². The zero-order chi connectivity index (χ0) is 22.1. The second-order valence-electron chi connectivity index (χ2n) is 7.83. The van der Waals surface area contributed by atoms with Crippen molar-refractivity contribution in [2.24, 2.45) is 5.92 Å². The predicted molar refractivity (Wildman–Crippen MR) is 114 cm³/mol. The van der Waals surface area contributed by atoms with Crippen molar-refractivity contribution in [3.05, 3.63) is 47.5 Å². The normalized spacial score (nSPS) is 18.4. The van der Waals surface area contributed by atoms with E-state index in [1.807, 2.05) is 26.0 Å². The number of nitrogens with zero attached hydrogens (tertiary/aromatic N) is 4. The van der Waals surface area contributed by atoms with Gasteiger partial charge in [0.2, 0.25) is 5.91 Å². The fraction of sp³-hybridized carbons (Fsp3) is 0.348. The molecule has 0 unspecified atom stereocenters. The summed E-state index contributed by atoms with van der Waals surface area (Å²) in [6, 6.07) is 7.33. The summed E-state index contributed by atoms with van der Waals surface area (Å²) >= 11 is 0. The summed E-state index contributed by atoms with van der Waals surface area (Å²) in [5, 5.41) is 23.2. The summed E-state index contributed by atoms with van der Waals surface area (Å²) in [6.45, 7) is 3.90. The molecule has 3 aromatic rings. The number of hydrogen-bond donors (Lipinski definition) is 2. The molecule has 1 aliphatic rings. The number of anilines is 1. The van der Waals surface area contributed by atoms with Crippen LogP contribution in [0.2, 0.25) is 0 Å². The Morgan fingerprint density at radius 2 is 2.10 bits per heavy atom. The number of carbonyl (C=O) groups excluding carboxylic acids is 1. The van der Waals surface area contributed by atoms with Gasteiger partial charge in [0.05, 0.1) is 23.2 Å². The standard InChI is InChI=1S/C23H22FN5O2/c1-3-4-21(30)19-5-12(2)16(11-26-19)14-6-13-10-27-22(8-18(13)28-20(14)9-25)29-23(31)15-7-17(15)24/h5-6,8,10-11,15,17,21,30H,3-4,7H2,1-2H3,(H,27,29,31)/t15-,17+,21+/m1/s1. The summed E-state index contributed by atoms with van der Waals surface area (Å²) < 4.78 is 13.1. The summed E-state index contributed by atoms with van der Waals surface area (Å²) in [6.07, 6.45) is 3.22. The Bertz CT molecular complexity index is 1210. The van der Waals surface area contributed by atoms with Gasteiger partial charge in [0.1, 0.15) is 23.8 Å². The Hall–Kier alpha value is -3.44. The van der Waals surface area contributed by atoms with Crippen LogP contribution in [0.3, 0.4) is 0 Å². The maximum absolute atomic E-state index is 13.1. The van der Waals surface area contributed by atoms with Crippen molar-refractivity contribution in [2.75, 3.05) is 5.32 Å². The molecule has 31 heavy (non-hydrogen) atoms. The van der Waals surface area contributed by atoms with Crippen molar-refractivity contribution in [2.45, 2.75) is 45.4 Å². The average Bonchev–Trinajstić information content (AvgIpc) is 3.49. The van der Waals surface area contributed by atoms with Gasteiger partial charge in [-0.15, -0.1) is 0 Å². The van der Waals surface area contributed by atoms with E-state index in [2.05, 4.69) is 26.3 Å². The molecule has 0 bridgehead atoms. The first-order valence-electron chi connectivity index (χ1n) is 10.2. The van der Waals surface area contributed by atoms with Crippen molar-refractivity contribution in [3.63, 3.8) is 0 Å². The first-order valence-corrected chi connectivity index (χ1v) is 10.2. The Morgan fingerprint density at radius 3 is 2.74 bits per heavy atom. The molecule has 3 aromatic heterocycles. The number of pyridine rings is 3. The van der Waals surface area contributed by atoms with Crippen LogP contribution in [-0.2, 0) is 4.79 Å². The van der Waals surface area contributed by atoms with Crippen LogP contribution in [0.4, 0.5) is 10.2 Å². The van der Waals surface area contributed by atoms with Crippen LogP contribution in [0.15, 0.2) is 30.6 Å². The van der Waals surface area contributed by atoms with Crippen LogP contribution in [0, 0.1) is 24.2 Å². The zero-order valence-electron chi connectivity index (χ0n) is 17.3. The summed E-state index contributed by atoms with van der Waals surface area (Å²) in [5.74, 6) is -0.742. The highest BCUT2D eigenvalue weighted by Gasteiger charge is 2.43. The number of alkyl halides is 1. The van der Waals surface area contributed by atoms with Gasteiger partial charge in [-0.05, 0) is 37.5 Å². The van der Waals surface area contributed by atoms with Gasteiger partial charge in [-0.25, -0.2) is 14.4 Å². The van der Waals surface area contributed by atoms with Gasteiger partial charge in [0.15, 0.2) is 0 Å². The van der Waals surface area contributed by atoms with Crippen molar-refractivity contribution in [1.29, 1.82) is 5.26 Å². The maximum atomic E-state index is 13.1. The van der Waals surface area contributed by atoms with E-state index >= 15 is 0 Å². The summed E-state index contributed by atoms with van der Waals surface area (Å²) in [7, 11) is 0. The van der Waals surface area contributed by atoms with Gasteiger partial charge < -0.3 is 10.4 Å². The Kier molecular flexibility index (Phi) is 5.61. The third kappa shape index (κ3) is 4.23. The van der Waals surface area contributed by atoms with E-state index in [1.165, 1.54) is 0 Å². The molecule has 4 rings (SSSR count). The first-order chi connectivity index (χ1) is 14.9. The van der Waals surface area contributed by atoms with Gasteiger partial charge in [-0.2, -0.15) is 5.26 Å². The second kappa shape index (κ2) is 8.36. The maximum Gasteiger partial charge on any atom is 0.231 e. The predicted octanol–water partition coefficient (Wildman–Crippen LogP) is 4.00. The third-order valence-corrected chi connectivity index (χ3v) is 5.43. The number of halogens is 1. The van der Waals surface area contributed by atoms with Crippen LogP contribution >= 0.6 is 0 Å². The highest BCUT2D eigenvalue weighted by molar-refractivity contribution is 5.96. The van der Waals surface area contributed by atoms with E-state index < -0.39 is 24.1 Å². The van der Waals surface area contributed by atoms with Gasteiger partial charge in [0, 0.05) is 35.0 Å². The van der Waals surface area contributed by atoms with E-state index in [4.69, 9.17) is 0 Å². The van der Waals surface area contributed by atoms with E-state index in [1.54, 1.807) is 18.5 Å².